The Kier molecular flexibility index (Phi) is 10.7. The van der Waals surface area contributed by atoms with Crippen LogP contribution in [0.3, 0.4) is 0 Å². The van der Waals surface area contributed by atoms with Crippen molar-refractivity contribution in [2.24, 2.45) is 4.99 Å². The quantitative estimate of drug-likeness (QED) is 0.271. The smallest absolute Gasteiger partial charge is 0.191 e. The van der Waals surface area contributed by atoms with E-state index in [9.17, 15) is 0 Å². The Morgan fingerprint density at radius 3 is 2.36 bits per heavy atom. The van der Waals surface area contributed by atoms with Gasteiger partial charge in [-0.1, -0.05) is 6.07 Å². The predicted octanol–water partition coefficient (Wildman–Crippen LogP) is 3.67. The summed E-state index contributed by atoms with van der Waals surface area (Å²) in [5, 5.41) is 6.92. The van der Waals surface area contributed by atoms with Gasteiger partial charge in [0, 0.05) is 56.6 Å². The molecule has 2 aromatic carbocycles. The second kappa shape index (κ2) is 13.2. The van der Waals surface area contributed by atoms with Crippen molar-refractivity contribution < 1.29 is 18.9 Å². The Labute approximate surface area is 213 Å². The van der Waals surface area contributed by atoms with Gasteiger partial charge in [0.05, 0.1) is 27.9 Å². The molecule has 1 heterocycles. The molecule has 0 aliphatic carbocycles. The summed E-state index contributed by atoms with van der Waals surface area (Å²) in [4.78, 5) is 6.72. The topological polar surface area (TPSA) is 76.6 Å². The molecule has 3 rings (SSSR count). The fourth-order valence-corrected chi connectivity index (χ4v) is 3.76. The number of aliphatic imine (C=N–C) groups is 1. The number of nitrogens with one attached hydrogen (secondary N) is 2. The fraction of sp³-hybridized carbons (Fsp3) is 0.458. The maximum atomic E-state index is 5.59. The normalized spacial score (nSPS) is 15.5. The minimum absolute atomic E-state index is 0. The van der Waals surface area contributed by atoms with E-state index in [0.717, 1.165) is 59.7 Å². The lowest BCUT2D eigenvalue weighted by molar-refractivity contribution is 0.310. The lowest BCUT2D eigenvalue weighted by Crippen LogP contribution is -2.44. The van der Waals surface area contributed by atoms with E-state index in [-0.39, 0.29) is 30.0 Å². The molecule has 8 nitrogen and oxygen atoms in total. The molecule has 1 aliphatic rings. The molecule has 1 unspecified atom stereocenters. The molecule has 33 heavy (non-hydrogen) atoms. The third-order valence-corrected chi connectivity index (χ3v) is 5.44. The number of rotatable bonds is 9. The summed E-state index contributed by atoms with van der Waals surface area (Å²) >= 11 is 0. The van der Waals surface area contributed by atoms with Crippen LogP contribution in [-0.4, -0.2) is 60.1 Å². The van der Waals surface area contributed by atoms with Gasteiger partial charge in [-0.25, -0.2) is 0 Å². The number of hydrogen-bond acceptors (Lipinski definition) is 6. The van der Waals surface area contributed by atoms with E-state index in [1.54, 1.807) is 28.4 Å². The zero-order valence-corrected chi connectivity index (χ0v) is 22.3. The molecule has 2 N–H and O–H groups in total. The molecule has 0 bridgehead atoms. The van der Waals surface area contributed by atoms with Gasteiger partial charge >= 0.3 is 0 Å². The summed E-state index contributed by atoms with van der Waals surface area (Å²) in [6.45, 7) is 5.01. The second-order valence-corrected chi connectivity index (χ2v) is 7.49. The molecule has 0 radical (unpaired) electrons. The second-order valence-electron chi connectivity index (χ2n) is 7.49. The first kappa shape index (κ1) is 26.7. The SMILES string of the molecule is CCOc1ccc(CNC(=NC)NC2CCN(c3cc(OC)cc(OC)c3)C2)cc1OC.I. The summed E-state index contributed by atoms with van der Waals surface area (Å²) in [7, 11) is 6.78. The standard InChI is InChI=1S/C24H34N4O4.HI/c1-6-32-22-8-7-17(11-23(22)31-5)15-26-24(25-2)27-18-9-10-28(16-18)19-12-20(29-3)14-21(13-19)30-4;/h7-8,11-14,18H,6,9-10,15-16H2,1-5H3,(H2,25,26,27);1H. The van der Waals surface area contributed by atoms with Crippen molar-refractivity contribution in [1.82, 2.24) is 10.6 Å². The molecule has 2 aromatic rings. The van der Waals surface area contributed by atoms with Crippen molar-refractivity contribution in [1.29, 1.82) is 0 Å². The number of ether oxygens (including phenoxy) is 4. The van der Waals surface area contributed by atoms with Crippen LogP contribution in [0.2, 0.25) is 0 Å². The van der Waals surface area contributed by atoms with Gasteiger partial charge < -0.3 is 34.5 Å². The Bertz CT molecular complexity index is 903. The largest absolute Gasteiger partial charge is 0.497 e. The van der Waals surface area contributed by atoms with Crippen molar-refractivity contribution in [3.63, 3.8) is 0 Å². The van der Waals surface area contributed by atoms with E-state index in [4.69, 9.17) is 18.9 Å². The van der Waals surface area contributed by atoms with Crippen LogP contribution < -0.4 is 34.5 Å². The predicted molar refractivity (Wildman–Crippen MR) is 143 cm³/mol. The average Bonchev–Trinajstić information content (AvgIpc) is 3.30. The summed E-state index contributed by atoms with van der Waals surface area (Å²) in [5.74, 6) is 3.83. The van der Waals surface area contributed by atoms with Gasteiger partial charge in [0.15, 0.2) is 17.5 Å². The van der Waals surface area contributed by atoms with E-state index in [0.29, 0.717) is 13.2 Å². The summed E-state index contributed by atoms with van der Waals surface area (Å²) < 4.78 is 21.9. The van der Waals surface area contributed by atoms with Crippen LogP contribution in [0.5, 0.6) is 23.0 Å². The van der Waals surface area contributed by atoms with E-state index in [1.165, 1.54) is 0 Å². The van der Waals surface area contributed by atoms with Crippen LogP contribution in [0.25, 0.3) is 0 Å². The summed E-state index contributed by atoms with van der Waals surface area (Å²) in [6, 6.07) is 12.2. The molecule has 9 heteroatoms. The molecule has 0 saturated carbocycles. The number of methoxy groups -OCH3 is 3. The fourth-order valence-electron chi connectivity index (χ4n) is 3.76. The van der Waals surface area contributed by atoms with Gasteiger partial charge in [-0.3, -0.25) is 4.99 Å². The Hall–Kier alpha value is -2.56. The maximum Gasteiger partial charge on any atom is 0.191 e. The van der Waals surface area contributed by atoms with Crippen LogP contribution in [0, 0.1) is 0 Å². The van der Waals surface area contributed by atoms with Crippen LogP contribution in [0.15, 0.2) is 41.4 Å². The highest BCUT2D eigenvalue weighted by atomic mass is 127. The number of benzene rings is 2. The average molecular weight is 570 g/mol. The zero-order chi connectivity index (χ0) is 22.9. The van der Waals surface area contributed by atoms with Crippen molar-refractivity contribution in [3.8, 4) is 23.0 Å². The van der Waals surface area contributed by atoms with Crippen LogP contribution in [-0.2, 0) is 6.54 Å². The monoisotopic (exact) mass is 570 g/mol. The number of halogens is 1. The molecule has 0 spiro atoms. The molecular formula is C24H35IN4O4. The highest BCUT2D eigenvalue weighted by molar-refractivity contribution is 14.0. The van der Waals surface area contributed by atoms with Gasteiger partial charge in [-0.05, 0) is 31.0 Å². The summed E-state index contributed by atoms with van der Waals surface area (Å²) in [6.07, 6.45) is 1.01. The van der Waals surface area contributed by atoms with E-state index in [1.807, 2.05) is 43.3 Å². The number of anilines is 1. The molecule has 0 amide bonds. The lowest BCUT2D eigenvalue weighted by atomic mass is 10.2. The van der Waals surface area contributed by atoms with E-state index >= 15 is 0 Å². The molecular weight excluding hydrogens is 535 g/mol. The number of hydrogen-bond donors (Lipinski definition) is 2. The third kappa shape index (κ3) is 7.21. The van der Waals surface area contributed by atoms with Crippen molar-refractivity contribution >= 4 is 35.6 Å². The highest BCUT2D eigenvalue weighted by Crippen LogP contribution is 2.30. The molecule has 182 valence electrons. The molecule has 0 aromatic heterocycles. The molecule has 1 saturated heterocycles. The lowest BCUT2D eigenvalue weighted by Gasteiger charge is -2.21. The van der Waals surface area contributed by atoms with Crippen LogP contribution in [0.4, 0.5) is 5.69 Å². The minimum Gasteiger partial charge on any atom is -0.497 e. The molecule has 1 aliphatic heterocycles. The summed E-state index contributed by atoms with van der Waals surface area (Å²) in [5.41, 5.74) is 2.18. The van der Waals surface area contributed by atoms with Crippen molar-refractivity contribution in [2.45, 2.75) is 25.9 Å². The van der Waals surface area contributed by atoms with Gasteiger partial charge in [0.25, 0.3) is 0 Å². The van der Waals surface area contributed by atoms with E-state index < -0.39 is 0 Å². The molecule has 1 atom stereocenters. The number of nitrogens with zero attached hydrogens (tertiary/aromatic N) is 2. The Morgan fingerprint density at radius 1 is 1.03 bits per heavy atom. The molecule has 1 fully saturated rings. The first-order chi connectivity index (χ1) is 15.6. The first-order valence-electron chi connectivity index (χ1n) is 10.8. The van der Waals surface area contributed by atoms with Gasteiger partial charge in [-0.15, -0.1) is 24.0 Å². The minimum atomic E-state index is 0. The van der Waals surface area contributed by atoms with Crippen LogP contribution >= 0.6 is 24.0 Å². The highest BCUT2D eigenvalue weighted by Gasteiger charge is 2.24. The van der Waals surface area contributed by atoms with Crippen molar-refractivity contribution in [2.75, 3.05) is 53.0 Å². The van der Waals surface area contributed by atoms with E-state index in [2.05, 4.69) is 20.5 Å². The zero-order valence-electron chi connectivity index (χ0n) is 20.0. The first-order valence-corrected chi connectivity index (χ1v) is 10.8. The third-order valence-electron chi connectivity index (χ3n) is 5.44. The Morgan fingerprint density at radius 2 is 1.76 bits per heavy atom. The Balaban J connectivity index is 0.00000385. The van der Waals surface area contributed by atoms with Crippen LogP contribution in [0.1, 0.15) is 18.9 Å². The van der Waals surface area contributed by atoms with Crippen molar-refractivity contribution in [3.05, 3.63) is 42.0 Å². The van der Waals surface area contributed by atoms with Gasteiger partial charge in [-0.2, -0.15) is 0 Å². The number of guanidine groups is 1. The maximum absolute atomic E-state index is 5.59. The van der Waals surface area contributed by atoms with Gasteiger partial charge in [0.1, 0.15) is 11.5 Å². The van der Waals surface area contributed by atoms with Gasteiger partial charge in [0.2, 0.25) is 0 Å².